The van der Waals surface area contributed by atoms with E-state index in [0.717, 1.165) is 55.2 Å². The van der Waals surface area contributed by atoms with E-state index in [1.807, 2.05) is 4.90 Å². The summed E-state index contributed by atoms with van der Waals surface area (Å²) in [7, 11) is 0. The maximum absolute atomic E-state index is 13.4. The largest absolute Gasteiger partial charge is 0.352 e. The lowest BCUT2D eigenvalue weighted by Crippen LogP contribution is -2.40. The van der Waals surface area contributed by atoms with E-state index in [1.54, 1.807) is 18.3 Å². The average molecular weight is 422 g/mol. The van der Waals surface area contributed by atoms with Crippen molar-refractivity contribution in [2.45, 2.75) is 71.0 Å². The minimum absolute atomic E-state index is 0.0221. The Bertz CT molecular complexity index is 1040. The van der Waals surface area contributed by atoms with Crippen LogP contribution in [0, 0.1) is 13.8 Å². The number of nitrogens with zero attached hydrogens (tertiary/aromatic N) is 2. The average Bonchev–Trinajstić information content (AvgIpc) is 3.43. The van der Waals surface area contributed by atoms with Crippen molar-refractivity contribution >= 4 is 11.8 Å². The lowest BCUT2D eigenvalue weighted by atomic mass is 9.97. The molecule has 0 bridgehead atoms. The van der Waals surface area contributed by atoms with E-state index < -0.39 is 5.56 Å². The third-order valence-corrected chi connectivity index (χ3v) is 6.59. The van der Waals surface area contributed by atoms with Crippen molar-refractivity contribution in [3.05, 3.63) is 69.1 Å². The molecule has 1 aromatic carbocycles. The van der Waals surface area contributed by atoms with E-state index in [1.165, 1.54) is 4.57 Å². The van der Waals surface area contributed by atoms with Crippen LogP contribution in [0.15, 0.2) is 41.3 Å². The number of aromatic nitrogens is 1. The molecule has 2 aromatic rings. The Labute approximate surface area is 183 Å². The van der Waals surface area contributed by atoms with E-state index >= 15 is 0 Å². The maximum atomic E-state index is 13.4. The van der Waals surface area contributed by atoms with Crippen LogP contribution in [-0.2, 0) is 11.3 Å². The molecular weight excluding hydrogens is 390 g/mol. The minimum Gasteiger partial charge on any atom is -0.352 e. The zero-order valence-corrected chi connectivity index (χ0v) is 18.4. The second kappa shape index (κ2) is 9.08. The number of carbonyl (C=O) groups excluding carboxylic acids is 2. The molecule has 164 valence electrons. The fourth-order valence-corrected chi connectivity index (χ4v) is 4.93. The van der Waals surface area contributed by atoms with Crippen LogP contribution >= 0.6 is 0 Å². The van der Waals surface area contributed by atoms with E-state index in [2.05, 4.69) is 37.4 Å². The summed E-state index contributed by atoms with van der Waals surface area (Å²) in [5.74, 6) is -0.424. The van der Waals surface area contributed by atoms with Crippen LogP contribution in [0.1, 0.15) is 71.6 Å². The van der Waals surface area contributed by atoms with E-state index in [-0.39, 0.29) is 36.0 Å². The highest BCUT2D eigenvalue weighted by Crippen LogP contribution is 2.35. The van der Waals surface area contributed by atoms with Crippen molar-refractivity contribution in [2.24, 2.45) is 0 Å². The zero-order valence-electron chi connectivity index (χ0n) is 18.4. The SMILES string of the molecule is Cc1ccc(C)c([C@@H]2CCCN2C(=O)c2cccn(CC(=O)NC3CCCC3)c2=O)c1. The number of amides is 2. The Morgan fingerprint density at radius 2 is 1.84 bits per heavy atom. The molecular formula is C25H31N3O3. The van der Waals surface area contributed by atoms with Crippen LogP contribution in [0.4, 0.5) is 0 Å². The Kier molecular flexibility index (Phi) is 6.25. The molecule has 2 fully saturated rings. The quantitative estimate of drug-likeness (QED) is 0.803. The molecule has 1 aliphatic heterocycles. The lowest BCUT2D eigenvalue weighted by Gasteiger charge is -2.26. The second-order valence-electron chi connectivity index (χ2n) is 8.92. The van der Waals surface area contributed by atoms with Gasteiger partial charge in [0.1, 0.15) is 12.1 Å². The number of nitrogens with one attached hydrogen (secondary N) is 1. The number of likely N-dealkylation sites (tertiary alicyclic amines) is 1. The fraction of sp³-hybridized carbons (Fsp3) is 0.480. The third kappa shape index (κ3) is 4.58. The molecule has 6 heteroatoms. The standard InChI is InChI=1S/C25H31N3O3/c1-17-11-12-18(2)21(15-17)22-10-6-14-28(22)25(31)20-9-5-13-27(24(20)30)16-23(29)26-19-7-3-4-8-19/h5,9,11-13,15,19,22H,3-4,6-8,10,14,16H2,1-2H3,(H,26,29)/t22-/m0/s1. The van der Waals surface area contributed by atoms with Gasteiger partial charge in [-0.05, 0) is 62.8 Å². The molecule has 31 heavy (non-hydrogen) atoms. The van der Waals surface area contributed by atoms with Crippen LogP contribution in [0.5, 0.6) is 0 Å². The summed E-state index contributed by atoms with van der Waals surface area (Å²) >= 11 is 0. The lowest BCUT2D eigenvalue weighted by molar-refractivity contribution is -0.122. The molecule has 1 aliphatic carbocycles. The van der Waals surface area contributed by atoms with Gasteiger partial charge in [0.05, 0.1) is 6.04 Å². The van der Waals surface area contributed by atoms with E-state index in [9.17, 15) is 14.4 Å². The van der Waals surface area contributed by atoms with Gasteiger partial charge in [-0.25, -0.2) is 0 Å². The van der Waals surface area contributed by atoms with E-state index in [0.29, 0.717) is 6.54 Å². The summed E-state index contributed by atoms with van der Waals surface area (Å²) in [4.78, 5) is 40.6. The van der Waals surface area contributed by atoms with Crippen LogP contribution in [0.3, 0.4) is 0 Å². The predicted molar refractivity (Wildman–Crippen MR) is 120 cm³/mol. The number of hydrogen-bond donors (Lipinski definition) is 1. The van der Waals surface area contributed by atoms with Gasteiger partial charge >= 0.3 is 0 Å². The summed E-state index contributed by atoms with van der Waals surface area (Å²) in [5, 5.41) is 3.00. The van der Waals surface area contributed by atoms with Gasteiger partial charge in [0.15, 0.2) is 0 Å². The summed E-state index contributed by atoms with van der Waals surface area (Å²) in [6.07, 6.45) is 7.63. The van der Waals surface area contributed by atoms with Crippen LogP contribution < -0.4 is 10.9 Å². The smallest absolute Gasteiger partial charge is 0.263 e. The summed E-state index contributed by atoms with van der Waals surface area (Å²) < 4.78 is 1.35. The molecule has 0 radical (unpaired) electrons. The van der Waals surface area contributed by atoms with Crippen molar-refractivity contribution < 1.29 is 9.59 Å². The van der Waals surface area contributed by atoms with Crippen molar-refractivity contribution in [3.63, 3.8) is 0 Å². The Morgan fingerprint density at radius 1 is 1.06 bits per heavy atom. The molecule has 1 saturated heterocycles. The molecule has 6 nitrogen and oxygen atoms in total. The molecule has 1 atom stereocenters. The highest BCUT2D eigenvalue weighted by molar-refractivity contribution is 5.94. The summed E-state index contributed by atoms with van der Waals surface area (Å²) in [6.45, 7) is 4.69. The van der Waals surface area contributed by atoms with Gasteiger partial charge < -0.3 is 14.8 Å². The third-order valence-electron chi connectivity index (χ3n) is 6.59. The molecule has 1 N–H and O–H groups in total. The number of pyridine rings is 1. The first-order valence-corrected chi connectivity index (χ1v) is 11.3. The number of benzene rings is 1. The number of aryl methyl sites for hydroxylation is 2. The Balaban J connectivity index is 1.54. The summed E-state index contributed by atoms with van der Waals surface area (Å²) in [6, 6.07) is 9.75. The van der Waals surface area contributed by atoms with E-state index in [4.69, 9.17) is 0 Å². The number of rotatable bonds is 5. The van der Waals surface area contributed by atoms with Crippen molar-refractivity contribution in [3.8, 4) is 0 Å². The molecule has 2 amide bonds. The molecule has 1 saturated carbocycles. The number of hydrogen-bond acceptors (Lipinski definition) is 3. The minimum atomic E-state index is -0.402. The molecule has 0 spiro atoms. The second-order valence-corrected chi connectivity index (χ2v) is 8.92. The number of carbonyl (C=O) groups is 2. The highest BCUT2D eigenvalue weighted by Gasteiger charge is 2.32. The van der Waals surface area contributed by atoms with Crippen molar-refractivity contribution in [2.75, 3.05) is 6.54 Å². The van der Waals surface area contributed by atoms with Crippen LogP contribution in [0.25, 0.3) is 0 Å². The van der Waals surface area contributed by atoms with Crippen molar-refractivity contribution in [1.82, 2.24) is 14.8 Å². The molecule has 2 heterocycles. The van der Waals surface area contributed by atoms with Gasteiger partial charge in [0.25, 0.3) is 11.5 Å². The van der Waals surface area contributed by atoms with Gasteiger partial charge in [-0.3, -0.25) is 14.4 Å². The molecule has 4 rings (SSSR count). The van der Waals surface area contributed by atoms with Gasteiger partial charge in [0.2, 0.25) is 5.91 Å². The Morgan fingerprint density at radius 3 is 2.61 bits per heavy atom. The van der Waals surface area contributed by atoms with Crippen LogP contribution in [-0.4, -0.2) is 33.9 Å². The summed E-state index contributed by atoms with van der Waals surface area (Å²) in [5.41, 5.74) is 3.20. The van der Waals surface area contributed by atoms with Gasteiger partial charge in [-0.2, -0.15) is 0 Å². The predicted octanol–water partition coefficient (Wildman–Crippen LogP) is 3.50. The van der Waals surface area contributed by atoms with Crippen molar-refractivity contribution in [1.29, 1.82) is 0 Å². The first-order chi connectivity index (χ1) is 14.9. The molecule has 0 unspecified atom stereocenters. The topological polar surface area (TPSA) is 71.4 Å². The maximum Gasteiger partial charge on any atom is 0.263 e. The van der Waals surface area contributed by atoms with Gasteiger partial charge in [0, 0.05) is 18.8 Å². The zero-order chi connectivity index (χ0) is 22.0. The first-order valence-electron chi connectivity index (χ1n) is 11.3. The highest BCUT2D eigenvalue weighted by atomic mass is 16.2. The Hall–Kier alpha value is -2.89. The van der Waals surface area contributed by atoms with Gasteiger partial charge in [-0.1, -0.05) is 36.6 Å². The monoisotopic (exact) mass is 421 g/mol. The van der Waals surface area contributed by atoms with Crippen LogP contribution in [0.2, 0.25) is 0 Å². The fourth-order valence-electron chi connectivity index (χ4n) is 4.93. The molecule has 1 aromatic heterocycles. The normalized spacial score (nSPS) is 19.0. The van der Waals surface area contributed by atoms with Gasteiger partial charge in [-0.15, -0.1) is 0 Å². The molecule has 2 aliphatic rings. The first kappa shape index (κ1) is 21.3.